The first kappa shape index (κ1) is 10.5. The zero-order valence-electron chi connectivity index (χ0n) is 7.03. The molecule has 0 unspecified atom stereocenters. The average molecular weight is 165 g/mol. The predicted molar refractivity (Wildman–Crippen MR) is 54.5 cm³/mol. The van der Waals surface area contributed by atoms with Gasteiger partial charge in [0.25, 0.3) is 0 Å². The van der Waals surface area contributed by atoms with Crippen LogP contribution in [0.25, 0.3) is 0 Å². The van der Waals surface area contributed by atoms with E-state index in [4.69, 9.17) is 17.2 Å². The molecule has 0 spiro atoms. The van der Waals surface area contributed by atoms with Crippen LogP contribution in [-0.4, -0.2) is 6.54 Å². The molecule has 0 heterocycles. The van der Waals surface area contributed by atoms with Gasteiger partial charge in [-0.05, 0) is 12.1 Å². The van der Waals surface area contributed by atoms with Gasteiger partial charge >= 0.3 is 0 Å². The van der Waals surface area contributed by atoms with E-state index in [1.165, 1.54) is 0 Å². The summed E-state index contributed by atoms with van der Waals surface area (Å²) < 4.78 is 0. The van der Waals surface area contributed by atoms with Crippen LogP contribution < -0.4 is 17.2 Å². The molecule has 0 aliphatic rings. The highest BCUT2D eigenvalue weighted by atomic mass is 14.7. The lowest BCUT2D eigenvalue weighted by molar-refractivity contribution is 1.26. The van der Waals surface area contributed by atoms with Gasteiger partial charge in [-0.3, -0.25) is 0 Å². The Morgan fingerprint density at radius 2 is 1.50 bits per heavy atom. The third kappa shape index (κ3) is 4.35. The fourth-order valence-electron chi connectivity index (χ4n) is 0.511. The fourth-order valence-corrected chi connectivity index (χ4v) is 0.511. The van der Waals surface area contributed by atoms with Crippen LogP contribution in [0.4, 0.5) is 11.4 Å². The lowest BCUT2D eigenvalue weighted by atomic mass is 10.3. The first-order chi connectivity index (χ1) is 5.72. The molecule has 0 bridgehead atoms. The SMILES string of the molecule is C=CCN.Nc1ccccc1N. The Balaban J connectivity index is 0.000000261. The molecular formula is C9H15N3. The van der Waals surface area contributed by atoms with Gasteiger partial charge in [-0.25, -0.2) is 0 Å². The highest BCUT2D eigenvalue weighted by Gasteiger charge is 1.85. The normalized spacial score (nSPS) is 8.08. The molecule has 3 heteroatoms. The Morgan fingerprint density at radius 3 is 1.67 bits per heavy atom. The van der Waals surface area contributed by atoms with E-state index in [-0.39, 0.29) is 0 Å². The van der Waals surface area contributed by atoms with Gasteiger partial charge in [-0.2, -0.15) is 0 Å². The summed E-state index contributed by atoms with van der Waals surface area (Å²) in [6.45, 7) is 3.94. The molecule has 0 aliphatic carbocycles. The van der Waals surface area contributed by atoms with Gasteiger partial charge in [0.2, 0.25) is 0 Å². The van der Waals surface area contributed by atoms with E-state index < -0.39 is 0 Å². The van der Waals surface area contributed by atoms with Crippen LogP contribution in [0.2, 0.25) is 0 Å². The summed E-state index contributed by atoms with van der Waals surface area (Å²) in [7, 11) is 0. The first-order valence-corrected chi connectivity index (χ1v) is 3.63. The molecule has 66 valence electrons. The highest BCUT2D eigenvalue weighted by Crippen LogP contribution is 2.10. The van der Waals surface area contributed by atoms with Crippen molar-refractivity contribution in [2.75, 3.05) is 18.0 Å². The number of hydrogen-bond acceptors (Lipinski definition) is 3. The highest BCUT2D eigenvalue weighted by molar-refractivity contribution is 5.62. The third-order valence-electron chi connectivity index (χ3n) is 1.16. The summed E-state index contributed by atoms with van der Waals surface area (Å²) in [6.07, 6.45) is 1.65. The van der Waals surface area contributed by atoms with Gasteiger partial charge in [0.05, 0.1) is 11.4 Å². The van der Waals surface area contributed by atoms with Crippen LogP contribution in [0.1, 0.15) is 0 Å². The standard InChI is InChI=1S/C6H8N2.C3H7N/c7-5-3-1-2-4-6(5)8;1-2-3-4/h1-4H,7-8H2;2H,1,3-4H2. The van der Waals surface area contributed by atoms with Gasteiger partial charge in [-0.15, -0.1) is 6.58 Å². The van der Waals surface area contributed by atoms with Crippen molar-refractivity contribution in [3.8, 4) is 0 Å². The minimum absolute atomic E-state index is 0.583. The van der Waals surface area contributed by atoms with Crippen molar-refractivity contribution in [1.82, 2.24) is 0 Å². The number of rotatable bonds is 1. The van der Waals surface area contributed by atoms with E-state index in [1.54, 1.807) is 18.2 Å². The van der Waals surface area contributed by atoms with Gasteiger partial charge in [0.1, 0.15) is 0 Å². The van der Waals surface area contributed by atoms with Crippen molar-refractivity contribution in [2.45, 2.75) is 0 Å². The molecule has 0 aromatic heterocycles. The molecular weight excluding hydrogens is 150 g/mol. The maximum Gasteiger partial charge on any atom is 0.0547 e. The maximum absolute atomic E-state index is 5.39. The number of nitrogen functional groups attached to an aromatic ring is 2. The summed E-state index contributed by atoms with van der Waals surface area (Å²) in [6, 6.07) is 7.25. The largest absolute Gasteiger partial charge is 0.397 e. The summed E-state index contributed by atoms with van der Waals surface area (Å²) in [5.74, 6) is 0. The van der Waals surface area contributed by atoms with Crippen molar-refractivity contribution >= 4 is 11.4 Å². The van der Waals surface area contributed by atoms with E-state index in [0.29, 0.717) is 17.9 Å². The predicted octanol–water partition coefficient (Wildman–Crippen LogP) is 0.982. The zero-order chi connectivity index (χ0) is 9.40. The van der Waals surface area contributed by atoms with Crippen molar-refractivity contribution in [2.24, 2.45) is 5.73 Å². The second-order valence-corrected chi connectivity index (χ2v) is 2.15. The average Bonchev–Trinajstić information content (AvgIpc) is 2.11. The first-order valence-electron chi connectivity index (χ1n) is 3.63. The molecule has 0 fully saturated rings. The van der Waals surface area contributed by atoms with E-state index in [9.17, 15) is 0 Å². The van der Waals surface area contributed by atoms with E-state index in [0.717, 1.165) is 0 Å². The number of benzene rings is 1. The number of anilines is 2. The topological polar surface area (TPSA) is 78.1 Å². The van der Waals surface area contributed by atoms with Crippen LogP contribution in [0.3, 0.4) is 0 Å². The van der Waals surface area contributed by atoms with Gasteiger partial charge in [0, 0.05) is 6.54 Å². The molecule has 6 N–H and O–H groups in total. The maximum atomic E-state index is 5.39. The second kappa shape index (κ2) is 6.24. The lowest BCUT2D eigenvalue weighted by Gasteiger charge is -1.94. The van der Waals surface area contributed by atoms with E-state index in [1.807, 2.05) is 12.1 Å². The van der Waals surface area contributed by atoms with Crippen LogP contribution in [0.5, 0.6) is 0 Å². The summed E-state index contributed by atoms with van der Waals surface area (Å²) in [4.78, 5) is 0. The molecule has 12 heavy (non-hydrogen) atoms. The van der Waals surface area contributed by atoms with E-state index in [2.05, 4.69) is 6.58 Å². The molecule has 3 nitrogen and oxygen atoms in total. The summed E-state index contributed by atoms with van der Waals surface area (Å²) in [5, 5.41) is 0. The Bertz CT molecular complexity index is 212. The number of nitrogens with two attached hydrogens (primary N) is 3. The molecule has 1 aromatic carbocycles. The second-order valence-electron chi connectivity index (χ2n) is 2.15. The molecule has 0 saturated carbocycles. The smallest absolute Gasteiger partial charge is 0.0547 e. The summed E-state index contributed by atoms with van der Waals surface area (Å²) in [5.41, 5.74) is 17.0. The molecule has 0 atom stereocenters. The lowest BCUT2D eigenvalue weighted by Crippen LogP contribution is -1.91. The molecule has 1 rings (SSSR count). The minimum Gasteiger partial charge on any atom is -0.397 e. The molecule has 0 aliphatic heterocycles. The minimum atomic E-state index is 0.583. The van der Waals surface area contributed by atoms with Gasteiger partial charge < -0.3 is 17.2 Å². The number of hydrogen-bond donors (Lipinski definition) is 3. The molecule has 0 saturated heterocycles. The molecule has 0 radical (unpaired) electrons. The van der Waals surface area contributed by atoms with Crippen LogP contribution >= 0.6 is 0 Å². The van der Waals surface area contributed by atoms with Crippen LogP contribution in [0, 0.1) is 0 Å². The molecule has 1 aromatic rings. The van der Waals surface area contributed by atoms with Crippen molar-refractivity contribution < 1.29 is 0 Å². The molecule has 0 amide bonds. The van der Waals surface area contributed by atoms with Gasteiger partial charge in [0.15, 0.2) is 0 Å². The Labute approximate surface area is 72.9 Å². The number of para-hydroxylation sites is 2. The van der Waals surface area contributed by atoms with Crippen molar-refractivity contribution in [3.63, 3.8) is 0 Å². The van der Waals surface area contributed by atoms with Crippen LogP contribution in [-0.2, 0) is 0 Å². The Kier molecular flexibility index (Phi) is 5.47. The van der Waals surface area contributed by atoms with Gasteiger partial charge in [-0.1, -0.05) is 18.2 Å². The summed E-state index contributed by atoms with van der Waals surface area (Å²) >= 11 is 0. The van der Waals surface area contributed by atoms with Crippen molar-refractivity contribution in [3.05, 3.63) is 36.9 Å². The van der Waals surface area contributed by atoms with Crippen molar-refractivity contribution in [1.29, 1.82) is 0 Å². The Morgan fingerprint density at radius 1 is 1.17 bits per heavy atom. The fraction of sp³-hybridized carbons (Fsp3) is 0.111. The monoisotopic (exact) mass is 165 g/mol. The third-order valence-corrected chi connectivity index (χ3v) is 1.16. The quantitative estimate of drug-likeness (QED) is 0.429. The van der Waals surface area contributed by atoms with Crippen LogP contribution in [0.15, 0.2) is 36.9 Å². The Hall–Kier alpha value is -1.48. The zero-order valence-corrected chi connectivity index (χ0v) is 7.03. The van der Waals surface area contributed by atoms with E-state index >= 15 is 0 Å².